The zero-order chi connectivity index (χ0) is 32.6. The van der Waals surface area contributed by atoms with Crippen molar-refractivity contribution in [2.45, 2.75) is 10.8 Å². The van der Waals surface area contributed by atoms with Crippen LogP contribution in [0.4, 0.5) is 0 Å². The van der Waals surface area contributed by atoms with Crippen LogP contribution >= 0.6 is 0 Å². The Morgan fingerprint density at radius 1 is 0.435 bits per heavy atom. The van der Waals surface area contributed by atoms with E-state index >= 15 is 0 Å². The predicted molar refractivity (Wildman–Crippen MR) is 170 cm³/mol. The van der Waals surface area contributed by atoms with Gasteiger partial charge in [0, 0.05) is 22.3 Å². The van der Waals surface area contributed by atoms with E-state index in [0.717, 1.165) is 0 Å². The number of nitriles is 4. The van der Waals surface area contributed by atoms with E-state index in [2.05, 4.69) is 24.3 Å². The molecular weight excluding hydrogens is 576 g/mol. The number of hydrogen-bond acceptors (Lipinski definition) is 8. The quantitative estimate of drug-likeness (QED) is 0.240. The van der Waals surface area contributed by atoms with Gasteiger partial charge in [-0.15, -0.1) is 0 Å². The highest BCUT2D eigenvalue weighted by atomic mass is 16.5. The fourth-order valence-electron chi connectivity index (χ4n) is 6.53. The Labute approximate surface area is 266 Å². The van der Waals surface area contributed by atoms with Gasteiger partial charge in [0.15, 0.2) is 10.8 Å². The Kier molecular flexibility index (Phi) is 7.22. The molecule has 0 saturated carbocycles. The van der Waals surface area contributed by atoms with Crippen LogP contribution in [0.2, 0.25) is 0 Å². The number of benzene rings is 4. The maximum Gasteiger partial charge on any atom is 0.195 e. The molecule has 222 valence electrons. The Morgan fingerprint density at radius 2 is 0.739 bits per heavy atom. The molecule has 0 fully saturated rings. The first-order valence-corrected chi connectivity index (χ1v) is 14.2. The standard InChI is InChI=1S/C38H26N4O4/c1-43-25-9-5-23(6-10-25)33-29-15-13-27(45-3)17-31(29)38(21-41,22-42)36-34(24-7-11-26(44-2)12-8-24)30-16-14-28(46-4)18-32(30)37(19-39,20-40)35(33)36/h5-18H,1-4H3. The van der Waals surface area contributed by atoms with E-state index in [0.29, 0.717) is 67.5 Å². The molecule has 46 heavy (non-hydrogen) atoms. The van der Waals surface area contributed by atoms with Crippen LogP contribution in [0.1, 0.15) is 33.4 Å². The van der Waals surface area contributed by atoms with Crippen molar-refractivity contribution in [1.29, 1.82) is 21.0 Å². The first-order valence-electron chi connectivity index (χ1n) is 14.2. The summed E-state index contributed by atoms with van der Waals surface area (Å²) in [6, 6.07) is 34.2. The third-order valence-electron chi connectivity index (χ3n) is 8.73. The van der Waals surface area contributed by atoms with Crippen molar-refractivity contribution in [2.75, 3.05) is 28.4 Å². The van der Waals surface area contributed by atoms with Crippen molar-refractivity contribution in [2.24, 2.45) is 0 Å². The average molecular weight is 603 g/mol. The molecule has 0 amide bonds. The first kappa shape index (κ1) is 29.6. The lowest BCUT2D eigenvalue weighted by Crippen LogP contribution is -2.42. The molecule has 0 saturated heterocycles. The Bertz CT molecular complexity index is 1950. The van der Waals surface area contributed by atoms with Crippen molar-refractivity contribution >= 4 is 11.1 Å². The minimum atomic E-state index is -1.94. The van der Waals surface area contributed by atoms with Gasteiger partial charge < -0.3 is 18.9 Å². The molecule has 2 aliphatic rings. The van der Waals surface area contributed by atoms with E-state index in [1.807, 2.05) is 24.3 Å². The number of nitrogens with zero attached hydrogens (tertiary/aromatic N) is 4. The number of ether oxygens (including phenoxy) is 4. The number of fused-ring (bicyclic) bond motifs is 3. The number of methoxy groups -OCH3 is 4. The van der Waals surface area contributed by atoms with E-state index < -0.39 is 10.8 Å². The average Bonchev–Trinajstić information content (AvgIpc) is 3.13. The second-order valence-corrected chi connectivity index (χ2v) is 10.7. The summed E-state index contributed by atoms with van der Waals surface area (Å²) < 4.78 is 22.0. The summed E-state index contributed by atoms with van der Waals surface area (Å²) >= 11 is 0. The predicted octanol–water partition coefficient (Wildman–Crippen LogP) is 6.62. The molecule has 2 aliphatic carbocycles. The molecular formula is C38H26N4O4. The smallest absolute Gasteiger partial charge is 0.195 e. The van der Waals surface area contributed by atoms with Crippen LogP contribution in [0, 0.1) is 45.3 Å². The molecule has 0 atom stereocenters. The maximum absolute atomic E-state index is 11.1. The SMILES string of the molecule is COc1ccc(C2=C3C(=C(c4ccc(OC)cc4)c4ccc(OC)cc4C3(C#N)C#N)C(C#N)(C#N)c3cc(OC)ccc32)cc1. The lowest BCUT2D eigenvalue weighted by molar-refractivity contribution is 0.413. The molecule has 0 aliphatic heterocycles. The summed E-state index contributed by atoms with van der Waals surface area (Å²) in [5.74, 6) is 2.13. The van der Waals surface area contributed by atoms with Gasteiger partial charge in [-0.25, -0.2) is 0 Å². The summed E-state index contributed by atoms with van der Waals surface area (Å²) in [5.41, 5.74) is 0.874. The normalized spacial score (nSPS) is 15.0. The van der Waals surface area contributed by atoms with Crippen LogP contribution in [0.3, 0.4) is 0 Å². The van der Waals surface area contributed by atoms with E-state index in [-0.39, 0.29) is 11.1 Å². The Morgan fingerprint density at radius 3 is 1.02 bits per heavy atom. The lowest BCUT2D eigenvalue weighted by atomic mass is 9.53. The minimum absolute atomic E-state index is 0.259. The molecule has 4 aromatic rings. The van der Waals surface area contributed by atoms with E-state index in [1.165, 1.54) is 14.2 Å². The van der Waals surface area contributed by atoms with Crippen LogP contribution in [0.25, 0.3) is 11.1 Å². The van der Waals surface area contributed by atoms with Crippen molar-refractivity contribution in [1.82, 2.24) is 0 Å². The van der Waals surface area contributed by atoms with Crippen LogP contribution < -0.4 is 18.9 Å². The molecule has 8 heteroatoms. The van der Waals surface area contributed by atoms with E-state index in [9.17, 15) is 21.0 Å². The van der Waals surface area contributed by atoms with Gasteiger partial charge in [-0.1, -0.05) is 36.4 Å². The monoisotopic (exact) mass is 602 g/mol. The van der Waals surface area contributed by atoms with Gasteiger partial charge in [0.1, 0.15) is 23.0 Å². The van der Waals surface area contributed by atoms with Crippen molar-refractivity contribution in [3.63, 3.8) is 0 Å². The van der Waals surface area contributed by atoms with Crippen LogP contribution in [-0.4, -0.2) is 28.4 Å². The summed E-state index contributed by atoms with van der Waals surface area (Å²) in [4.78, 5) is 0. The van der Waals surface area contributed by atoms with Gasteiger partial charge >= 0.3 is 0 Å². The highest BCUT2D eigenvalue weighted by Crippen LogP contribution is 2.61. The lowest BCUT2D eigenvalue weighted by Gasteiger charge is -2.44. The second-order valence-electron chi connectivity index (χ2n) is 10.7. The van der Waals surface area contributed by atoms with Crippen LogP contribution in [0.15, 0.2) is 96.1 Å². The van der Waals surface area contributed by atoms with Crippen molar-refractivity contribution in [3.8, 4) is 47.3 Å². The summed E-state index contributed by atoms with van der Waals surface area (Å²) in [6.07, 6.45) is 0. The van der Waals surface area contributed by atoms with Crippen molar-refractivity contribution < 1.29 is 18.9 Å². The van der Waals surface area contributed by atoms with Gasteiger partial charge in [-0.2, -0.15) is 21.0 Å². The highest BCUT2D eigenvalue weighted by Gasteiger charge is 2.57. The zero-order valence-corrected chi connectivity index (χ0v) is 25.5. The Balaban J connectivity index is 1.94. The molecule has 0 N–H and O–H groups in total. The maximum atomic E-state index is 11.1. The summed E-state index contributed by atoms with van der Waals surface area (Å²) in [5, 5.41) is 44.5. The molecule has 0 bridgehead atoms. The first-order chi connectivity index (χ1) is 22.4. The number of hydrogen-bond donors (Lipinski definition) is 0. The van der Waals surface area contributed by atoms with Gasteiger partial charge in [0.05, 0.1) is 52.7 Å². The van der Waals surface area contributed by atoms with Gasteiger partial charge in [0.2, 0.25) is 0 Å². The van der Waals surface area contributed by atoms with E-state index in [4.69, 9.17) is 18.9 Å². The summed E-state index contributed by atoms with van der Waals surface area (Å²) in [7, 11) is 6.16. The van der Waals surface area contributed by atoms with Gasteiger partial charge in [-0.3, -0.25) is 0 Å². The molecule has 6 rings (SSSR count). The number of allylic oxidation sites excluding steroid dienone is 2. The topological polar surface area (TPSA) is 132 Å². The van der Waals surface area contributed by atoms with Gasteiger partial charge in [-0.05, 0) is 81.9 Å². The molecule has 0 unspecified atom stereocenters. The van der Waals surface area contributed by atoms with Crippen LogP contribution in [0.5, 0.6) is 23.0 Å². The molecule has 0 heterocycles. The molecule has 4 aromatic carbocycles. The molecule has 8 nitrogen and oxygen atoms in total. The molecule has 0 aromatic heterocycles. The van der Waals surface area contributed by atoms with Crippen LogP contribution in [-0.2, 0) is 10.8 Å². The Hall–Kier alpha value is -6.48. The highest BCUT2D eigenvalue weighted by molar-refractivity contribution is 6.04. The number of rotatable bonds is 6. The zero-order valence-electron chi connectivity index (χ0n) is 25.5. The second kappa shape index (κ2) is 11.2. The fraction of sp³-hybridized carbons (Fsp3) is 0.158. The fourth-order valence-corrected chi connectivity index (χ4v) is 6.53. The summed E-state index contributed by atoms with van der Waals surface area (Å²) in [6.45, 7) is 0. The van der Waals surface area contributed by atoms with Crippen molar-refractivity contribution in [3.05, 3.63) is 129 Å². The third kappa shape index (κ3) is 4.02. The van der Waals surface area contributed by atoms with E-state index in [1.54, 1.807) is 74.9 Å². The molecule has 0 radical (unpaired) electrons. The third-order valence-corrected chi connectivity index (χ3v) is 8.73. The molecule has 0 spiro atoms. The minimum Gasteiger partial charge on any atom is -0.497 e. The largest absolute Gasteiger partial charge is 0.497 e. The van der Waals surface area contributed by atoms with Gasteiger partial charge in [0.25, 0.3) is 0 Å².